The Morgan fingerprint density at radius 3 is 2.69 bits per heavy atom. The third-order valence-electron chi connectivity index (χ3n) is 2.78. The highest BCUT2D eigenvalue weighted by atomic mass is 35.5. The first-order chi connectivity index (χ1) is 7.69. The Hall–Kier alpha value is -0.730. The fourth-order valence-corrected chi connectivity index (χ4v) is 1.95. The maximum atomic E-state index is 6.01. The first-order valence-corrected chi connectivity index (χ1v) is 6.26. The first-order valence-electron chi connectivity index (χ1n) is 5.88. The van der Waals surface area contributed by atoms with Crippen molar-refractivity contribution >= 4 is 17.3 Å². The number of hydrogen-bond acceptors (Lipinski definition) is 2. The molecular weight excluding hydrogens is 220 g/mol. The summed E-state index contributed by atoms with van der Waals surface area (Å²) in [6.07, 6.45) is 3.72. The molecule has 3 heteroatoms. The number of anilines is 1. The fraction of sp³-hybridized carbons (Fsp3) is 0.538. The van der Waals surface area contributed by atoms with Crippen LogP contribution in [0.2, 0.25) is 5.02 Å². The molecule has 2 N–H and O–H groups in total. The number of nitrogens with two attached hydrogens (primary N) is 1. The molecule has 0 spiro atoms. The molecule has 0 aromatic heterocycles. The SMILES string of the molecule is CCCCCN(C)c1cc(Cl)ccc1CN. The molecule has 1 aromatic carbocycles. The molecule has 16 heavy (non-hydrogen) atoms. The van der Waals surface area contributed by atoms with Crippen molar-refractivity contribution in [1.82, 2.24) is 0 Å². The van der Waals surface area contributed by atoms with Crippen molar-refractivity contribution in [3.8, 4) is 0 Å². The van der Waals surface area contributed by atoms with E-state index in [2.05, 4.69) is 18.9 Å². The fourth-order valence-electron chi connectivity index (χ4n) is 1.78. The second-order valence-electron chi connectivity index (χ2n) is 4.11. The Labute approximate surface area is 103 Å². The number of halogens is 1. The smallest absolute Gasteiger partial charge is 0.0426 e. The van der Waals surface area contributed by atoms with Crippen LogP contribution in [-0.4, -0.2) is 13.6 Å². The number of rotatable bonds is 6. The van der Waals surface area contributed by atoms with Crippen LogP contribution in [0.5, 0.6) is 0 Å². The van der Waals surface area contributed by atoms with E-state index in [0.717, 1.165) is 22.8 Å². The Bertz CT molecular complexity index is 326. The van der Waals surface area contributed by atoms with E-state index in [-0.39, 0.29) is 0 Å². The molecule has 1 rings (SSSR count). The van der Waals surface area contributed by atoms with Crippen LogP contribution in [0.4, 0.5) is 5.69 Å². The lowest BCUT2D eigenvalue weighted by Crippen LogP contribution is -2.20. The Morgan fingerprint density at radius 2 is 2.06 bits per heavy atom. The van der Waals surface area contributed by atoms with Crippen molar-refractivity contribution in [2.45, 2.75) is 32.7 Å². The zero-order valence-corrected chi connectivity index (χ0v) is 10.9. The molecule has 0 fully saturated rings. The van der Waals surface area contributed by atoms with Crippen molar-refractivity contribution in [3.63, 3.8) is 0 Å². The van der Waals surface area contributed by atoms with Crippen LogP contribution in [0.3, 0.4) is 0 Å². The first kappa shape index (κ1) is 13.3. The van der Waals surface area contributed by atoms with Crippen molar-refractivity contribution in [1.29, 1.82) is 0 Å². The number of unbranched alkanes of at least 4 members (excludes halogenated alkanes) is 2. The summed E-state index contributed by atoms with van der Waals surface area (Å²) in [5, 5.41) is 0.773. The van der Waals surface area contributed by atoms with Gasteiger partial charge >= 0.3 is 0 Å². The Balaban J connectivity index is 2.72. The minimum absolute atomic E-state index is 0.560. The van der Waals surface area contributed by atoms with E-state index < -0.39 is 0 Å². The predicted molar refractivity (Wildman–Crippen MR) is 72.1 cm³/mol. The molecule has 0 aliphatic rings. The highest BCUT2D eigenvalue weighted by Gasteiger charge is 2.06. The molecular formula is C13H21ClN2. The van der Waals surface area contributed by atoms with E-state index in [1.165, 1.54) is 19.3 Å². The summed E-state index contributed by atoms with van der Waals surface area (Å²) < 4.78 is 0. The van der Waals surface area contributed by atoms with E-state index in [1.807, 2.05) is 18.2 Å². The van der Waals surface area contributed by atoms with Crippen LogP contribution >= 0.6 is 11.6 Å². The molecule has 2 nitrogen and oxygen atoms in total. The molecule has 0 atom stereocenters. The predicted octanol–water partition coefficient (Wildman–Crippen LogP) is 3.43. The summed E-state index contributed by atoms with van der Waals surface area (Å²) in [5.74, 6) is 0. The third-order valence-corrected chi connectivity index (χ3v) is 3.01. The van der Waals surface area contributed by atoms with Crippen LogP contribution in [0.25, 0.3) is 0 Å². The van der Waals surface area contributed by atoms with Crippen molar-refractivity contribution in [2.75, 3.05) is 18.5 Å². The monoisotopic (exact) mass is 240 g/mol. The molecule has 0 saturated heterocycles. The third kappa shape index (κ3) is 3.69. The highest BCUT2D eigenvalue weighted by Crippen LogP contribution is 2.24. The summed E-state index contributed by atoms with van der Waals surface area (Å²) >= 11 is 6.01. The lowest BCUT2D eigenvalue weighted by atomic mass is 10.1. The highest BCUT2D eigenvalue weighted by molar-refractivity contribution is 6.30. The summed E-state index contributed by atoms with van der Waals surface area (Å²) in [7, 11) is 2.10. The van der Waals surface area contributed by atoms with E-state index in [0.29, 0.717) is 6.54 Å². The number of nitrogens with zero attached hydrogens (tertiary/aromatic N) is 1. The van der Waals surface area contributed by atoms with Gasteiger partial charge in [-0.25, -0.2) is 0 Å². The lowest BCUT2D eigenvalue weighted by molar-refractivity contribution is 0.703. The van der Waals surface area contributed by atoms with E-state index >= 15 is 0 Å². The molecule has 0 heterocycles. The minimum atomic E-state index is 0.560. The average molecular weight is 241 g/mol. The summed E-state index contributed by atoms with van der Waals surface area (Å²) in [5.41, 5.74) is 8.04. The van der Waals surface area contributed by atoms with Gasteiger partial charge in [-0.05, 0) is 24.1 Å². The van der Waals surface area contributed by atoms with Gasteiger partial charge in [-0.2, -0.15) is 0 Å². The normalized spacial score (nSPS) is 10.5. The molecule has 0 bridgehead atoms. The number of hydrogen-bond donors (Lipinski definition) is 1. The van der Waals surface area contributed by atoms with Crippen LogP contribution in [0, 0.1) is 0 Å². The van der Waals surface area contributed by atoms with Crippen molar-refractivity contribution in [2.24, 2.45) is 5.73 Å². The van der Waals surface area contributed by atoms with Crippen molar-refractivity contribution in [3.05, 3.63) is 28.8 Å². The molecule has 0 aliphatic heterocycles. The van der Waals surface area contributed by atoms with Gasteiger partial charge in [-0.15, -0.1) is 0 Å². The quantitative estimate of drug-likeness (QED) is 0.772. The van der Waals surface area contributed by atoms with Crippen LogP contribution in [-0.2, 0) is 6.54 Å². The van der Waals surface area contributed by atoms with E-state index in [1.54, 1.807) is 0 Å². The molecule has 1 aromatic rings. The van der Waals surface area contributed by atoms with Gasteiger partial charge in [0.05, 0.1) is 0 Å². The van der Waals surface area contributed by atoms with E-state index in [9.17, 15) is 0 Å². The minimum Gasteiger partial charge on any atom is -0.374 e. The maximum absolute atomic E-state index is 6.01. The van der Waals surface area contributed by atoms with Gasteiger partial charge in [0.2, 0.25) is 0 Å². The van der Waals surface area contributed by atoms with Gasteiger partial charge in [0.15, 0.2) is 0 Å². The van der Waals surface area contributed by atoms with Gasteiger partial charge in [0.1, 0.15) is 0 Å². The molecule has 0 unspecified atom stereocenters. The van der Waals surface area contributed by atoms with Gasteiger partial charge < -0.3 is 10.6 Å². The van der Waals surface area contributed by atoms with Crippen LogP contribution in [0.15, 0.2) is 18.2 Å². The Kier molecular flexibility index (Phi) is 5.64. The summed E-state index contributed by atoms with van der Waals surface area (Å²) in [6, 6.07) is 5.90. The largest absolute Gasteiger partial charge is 0.374 e. The number of benzene rings is 1. The van der Waals surface area contributed by atoms with E-state index in [4.69, 9.17) is 17.3 Å². The molecule has 90 valence electrons. The van der Waals surface area contributed by atoms with Gasteiger partial charge in [0.25, 0.3) is 0 Å². The second kappa shape index (κ2) is 6.77. The summed E-state index contributed by atoms with van der Waals surface area (Å²) in [4.78, 5) is 2.24. The lowest BCUT2D eigenvalue weighted by Gasteiger charge is -2.22. The second-order valence-corrected chi connectivity index (χ2v) is 4.54. The molecule has 0 amide bonds. The maximum Gasteiger partial charge on any atom is 0.0426 e. The average Bonchev–Trinajstić information content (AvgIpc) is 2.29. The van der Waals surface area contributed by atoms with Crippen LogP contribution < -0.4 is 10.6 Å². The van der Waals surface area contributed by atoms with Gasteiger partial charge in [0, 0.05) is 30.8 Å². The summed E-state index contributed by atoms with van der Waals surface area (Å²) in [6.45, 7) is 3.83. The topological polar surface area (TPSA) is 29.3 Å². The van der Waals surface area contributed by atoms with Gasteiger partial charge in [-0.3, -0.25) is 0 Å². The zero-order valence-electron chi connectivity index (χ0n) is 10.2. The standard InChI is InChI=1S/C13H21ClN2/c1-3-4-5-8-16(2)13-9-12(14)7-6-11(13)10-15/h6-7,9H,3-5,8,10,15H2,1-2H3. The Morgan fingerprint density at radius 1 is 1.31 bits per heavy atom. The van der Waals surface area contributed by atoms with Gasteiger partial charge in [-0.1, -0.05) is 37.4 Å². The van der Waals surface area contributed by atoms with Crippen LogP contribution in [0.1, 0.15) is 31.7 Å². The molecule has 0 saturated carbocycles. The van der Waals surface area contributed by atoms with Crippen molar-refractivity contribution < 1.29 is 0 Å². The molecule has 0 aliphatic carbocycles. The zero-order chi connectivity index (χ0) is 12.0. The molecule has 0 radical (unpaired) electrons.